The molecule has 0 fully saturated rings. The molecule has 26 heavy (non-hydrogen) atoms. The molecule has 2 aromatic carbocycles. The minimum Gasteiger partial charge on any atom is -0.497 e. The van der Waals surface area contributed by atoms with Crippen molar-refractivity contribution in [1.29, 1.82) is 0 Å². The molecule has 0 unspecified atom stereocenters. The first-order valence-electron chi connectivity index (χ1n) is 7.29. The number of carbonyl (C=O) groups is 2. The van der Waals surface area contributed by atoms with E-state index in [1.54, 1.807) is 24.3 Å². The fourth-order valence-electron chi connectivity index (χ4n) is 2.02. The summed E-state index contributed by atoms with van der Waals surface area (Å²) in [5, 5.41) is 4.32. The number of nitrogens with one attached hydrogen (secondary N) is 2. The molecule has 0 aliphatic carbocycles. The highest BCUT2D eigenvalue weighted by molar-refractivity contribution is 6.41. The number of rotatable bonds is 4. The zero-order chi connectivity index (χ0) is 19.3. The number of hydrogen-bond donors (Lipinski definition) is 2. The average Bonchev–Trinajstić information content (AvgIpc) is 2.60. The largest absolute Gasteiger partial charge is 0.497 e. The van der Waals surface area contributed by atoms with Crippen molar-refractivity contribution >= 4 is 29.1 Å². The van der Waals surface area contributed by atoms with Crippen LogP contribution >= 0.6 is 11.6 Å². The fourth-order valence-corrected chi connectivity index (χ4v) is 2.19. The lowest BCUT2D eigenvalue weighted by Gasteiger charge is -2.12. The van der Waals surface area contributed by atoms with Gasteiger partial charge < -0.3 is 15.4 Å². The number of alkyl halides is 3. The van der Waals surface area contributed by atoms with E-state index >= 15 is 0 Å². The molecule has 0 atom stereocenters. The highest BCUT2D eigenvalue weighted by atomic mass is 35.5. The van der Waals surface area contributed by atoms with Crippen LogP contribution in [0.2, 0.25) is 5.02 Å². The Labute approximate surface area is 152 Å². The Hall–Kier alpha value is -2.74. The van der Waals surface area contributed by atoms with E-state index in [0.717, 1.165) is 12.1 Å². The van der Waals surface area contributed by atoms with Gasteiger partial charge in [0.05, 0.1) is 23.4 Å². The predicted molar refractivity (Wildman–Crippen MR) is 89.9 cm³/mol. The summed E-state index contributed by atoms with van der Waals surface area (Å²) in [7, 11) is 1.49. The molecular weight excluding hydrogens is 373 g/mol. The van der Waals surface area contributed by atoms with Gasteiger partial charge in [-0.1, -0.05) is 23.7 Å². The third-order valence-corrected chi connectivity index (χ3v) is 3.66. The van der Waals surface area contributed by atoms with Gasteiger partial charge in [0.15, 0.2) is 0 Å². The van der Waals surface area contributed by atoms with Crippen molar-refractivity contribution < 1.29 is 27.5 Å². The first-order valence-corrected chi connectivity index (χ1v) is 7.67. The van der Waals surface area contributed by atoms with Crippen LogP contribution in [0.3, 0.4) is 0 Å². The summed E-state index contributed by atoms with van der Waals surface area (Å²) in [5.41, 5.74) is -0.611. The Bertz CT molecular complexity index is 825. The van der Waals surface area contributed by atoms with Crippen molar-refractivity contribution in [2.75, 3.05) is 12.4 Å². The number of carbonyl (C=O) groups excluding carboxylic acids is 2. The van der Waals surface area contributed by atoms with Crippen molar-refractivity contribution in [2.24, 2.45) is 0 Å². The molecular formula is C17H14ClF3N2O3. The summed E-state index contributed by atoms with van der Waals surface area (Å²) in [6, 6.07) is 9.24. The number of ether oxygens (including phenoxy) is 1. The highest BCUT2D eigenvalue weighted by Gasteiger charge is 2.31. The van der Waals surface area contributed by atoms with Crippen LogP contribution in [-0.4, -0.2) is 18.9 Å². The van der Waals surface area contributed by atoms with Crippen LogP contribution in [0.1, 0.15) is 11.1 Å². The maximum Gasteiger partial charge on any atom is 0.416 e. The Kier molecular flexibility index (Phi) is 6.10. The molecule has 0 aliphatic rings. The van der Waals surface area contributed by atoms with Crippen LogP contribution in [0.4, 0.5) is 18.9 Å². The van der Waals surface area contributed by atoms with Gasteiger partial charge in [-0.3, -0.25) is 9.59 Å². The molecule has 0 radical (unpaired) electrons. The van der Waals surface area contributed by atoms with Gasteiger partial charge in [-0.05, 0) is 35.9 Å². The molecule has 0 bridgehead atoms. The van der Waals surface area contributed by atoms with Crippen LogP contribution < -0.4 is 15.4 Å². The van der Waals surface area contributed by atoms with E-state index in [0.29, 0.717) is 17.4 Å². The third-order valence-electron chi connectivity index (χ3n) is 3.34. The van der Waals surface area contributed by atoms with Crippen molar-refractivity contribution in [1.82, 2.24) is 5.32 Å². The van der Waals surface area contributed by atoms with E-state index in [1.165, 1.54) is 7.11 Å². The molecule has 2 amide bonds. The minimum absolute atomic E-state index is 0.0414. The first-order chi connectivity index (χ1) is 12.2. The quantitative estimate of drug-likeness (QED) is 0.789. The second-order valence-electron chi connectivity index (χ2n) is 5.18. The zero-order valence-corrected chi connectivity index (χ0v) is 14.2. The Morgan fingerprint density at radius 1 is 1.12 bits per heavy atom. The lowest BCUT2D eigenvalue weighted by molar-refractivity contribution is -0.137. The Morgan fingerprint density at radius 2 is 1.85 bits per heavy atom. The number of amides is 2. The van der Waals surface area contributed by atoms with Crippen LogP contribution in [0.25, 0.3) is 0 Å². The van der Waals surface area contributed by atoms with Gasteiger partial charge in [-0.2, -0.15) is 13.2 Å². The molecule has 5 nitrogen and oxygen atoms in total. The van der Waals surface area contributed by atoms with Gasteiger partial charge in [0.25, 0.3) is 0 Å². The van der Waals surface area contributed by atoms with Gasteiger partial charge in [0, 0.05) is 6.54 Å². The highest BCUT2D eigenvalue weighted by Crippen LogP contribution is 2.33. The smallest absolute Gasteiger partial charge is 0.416 e. The molecule has 0 spiro atoms. The standard InChI is InChI=1S/C17H14ClF3N2O3/c1-26-12-4-2-3-10(7-12)9-22-15(24)16(25)23-14-8-11(17(19,20)21)5-6-13(14)18/h2-8H,9H2,1H3,(H,22,24)(H,23,25). The van der Waals surface area contributed by atoms with Crippen LogP contribution in [0, 0.1) is 0 Å². The average molecular weight is 387 g/mol. The van der Waals surface area contributed by atoms with Crippen molar-refractivity contribution in [3.63, 3.8) is 0 Å². The number of halogens is 4. The summed E-state index contributed by atoms with van der Waals surface area (Å²) >= 11 is 5.77. The van der Waals surface area contributed by atoms with Gasteiger partial charge >= 0.3 is 18.0 Å². The van der Waals surface area contributed by atoms with Crippen molar-refractivity contribution in [2.45, 2.75) is 12.7 Å². The van der Waals surface area contributed by atoms with Crippen molar-refractivity contribution in [3.8, 4) is 5.75 Å². The zero-order valence-electron chi connectivity index (χ0n) is 13.5. The van der Waals surface area contributed by atoms with Crippen LogP contribution in [0.15, 0.2) is 42.5 Å². The van der Waals surface area contributed by atoms with Gasteiger partial charge in [-0.25, -0.2) is 0 Å². The Morgan fingerprint density at radius 3 is 2.50 bits per heavy atom. The molecule has 9 heteroatoms. The lowest BCUT2D eigenvalue weighted by atomic mass is 10.2. The number of benzene rings is 2. The fraction of sp³-hybridized carbons (Fsp3) is 0.176. The topological polar surface area (TPSA) is 67.4 Å². The summed E-state index contributed by atoms with van der Waals surface area (Å²) in [6.07, 6.45) is -4.60. The summed E-state index contributed by atoms with van der Waals surface area (Å²) in [4.78, 5) is 23.7. The molecule has 0 saturated carbocycles. The maximum absolute atomic E-state index is 12.7. The summed E-state index contributed by atoms with van der Waals surface area (Å²) in [6.45, 7) is 0.0414. The maximum atomic E-state index is 12.7. The van der Waals surface area contributed by atoms with Crippen molar-refractivity contribution in [3.05, 3.63) is 58.6 Å². The summed E-state index contributed by atoms with van der Waals surface area (Å²) in [5.74, 6) is -1.56. The second kappa shape index (κ2) is 8.09. The minimum atomic E-state index is -4.60. The van der Waals surface area contributed by atoms with E-state index in [-0.39, 0.29) is 17.3 Å². The van der Waals surface area contributed by atoms with E-state index < -0.39 is 23.6 Å². The monoisotopic (exact) mass is 386 g/mol. The molecule has 0 aromatic heterocycles. The SMILES string of the molecule is COc1cccc(CNC(=O)C(=O)Nc2cc(C(F)(F)F)ccc2Cl)c1. The molecule has 2 rings (SSSR count). The van der Waals surface area contributed by atoms with Gasteiger partial charge in [0.1, 0.15) is 5.75 Å². The third kappa shape index (κ3) is 5.13. The van der Waals surface area contributed by atoms with Crippen LogP contribution in [0.5, 0.6) is 5.75 Å². The number of methoxy groups -OCH3 is 1. The van der Waals surface area contributed by atoms with Gasteiger partial charge in [0.2, 0.25) is 0 Å². The second-order valence-corrected chi connectivity index (χ2v) is 5.59. The number of hydrogen-bond acceptors (Lipinski definition) is 3. The lowest BCUT2D eigenvalue weighted by Crippen LogP contribution is -2.35. The summed E-state index contributed by atoms with van der Waals surface area (Å²) < 4.78 is 43.2. The molecule has 0 aliphatic heterocycles. The normalized spacial score (nSPS) is 11.0. The molecule has 0 saturated heterocycles. The predicted octanol–water partition coefficient (Wildman–Crippen LogP) is 3.62. The van der Waals surface area contributed by atoms with Gasteiger partial charge in [-0.15, -0.1) is 0 Å². The molecule has 0 heterocycles. The number of anilines is 1. The van der Waals surface area contributed by atoms with Crippen LogP contribution in [-0.2, 0) is 22.3 Å². The molecule has 138 valence electrons. The van der Waals surface area contributed by atoms with E-state index in [4.69, 9.17) is 16.3 Å². The first kappa shape index (κ1) is 19.6. The van der Waals surface area contributed by atoms with E-state index in [9.17, 15) is 22.8 Å². The Balaban J connectivity index is 2.02. The van der Waals surface area contributed by atoms with E-state index in [2.05, 4.69) is 10.6 Å². The van der Waals surface area contributed by atoms with E-state index in [1.807, 2.05) is 0 Å². The molecule has 2 aromatic rings. The molecule has 2 N–H and O–H groups in total.